The van der Waals surface area contributed by atoms with Crippen LogP contribution in [0.4, 0.5) is 0 Å². The number of nitriles is 1. The third-order valence-electron chi connectivity index (χ3n) is 3.39. The zero-order chi connectivity index (χ0) is 12.7. The highest BCUT2D eigenvalue weighted by Gasteiger charge is 2.32. The lowest BCUT2D eigenvalue weighted by atomic mass is 9.90. The number of carbonyl (C=O) groups is 1. The quantitative estimate of drug-likeness (QED) is 0.734. The Hall–Kier alpha value is -1.08. The fraction of sp³-hybridized carbons (Fsp3) is 0.846. The van der Waals surface area contributed by atoms with Gasteiger partial charge in [-0.25, -0.2) is 0 Å². The Morgan fingerprint density at radius 2 is 2.29 bits per heavy atom. The van der Waals surface area contributed by atoms with E-state index < -0.39 is 5.92 Å². The second-order valence-corrected chi connectivity index (χ2v) is 4.66. The number of hydrogen-bond donors (Lipinski definition) is 1. The number of carbonyl (C=O) groups excluding carboxylic acids is 1. The average molecular weight is 238 g/mol. The molecule has 1 amide bonds. The molecule has 4 heteroatoms. The van der Waals surface area contributed by atoms with E-state index in [-0.39, 0.29) is 12.5 Å². The monoisotopic (exact) mass is 238 g/mol. The van der Waals surface area contributed by atoms with Crippen LogP contribution in [-0.4, -0.2) is 35.1 Å². The third-order valence-corrected chi connectivity index (χ3v) is 3.39. The molecule has 0 bridgehead atoms. The van der Waals surface area contributed by atoms with Crippen LogP contribution in [0.1, 0.15) is 45.4 Å². The summed E-state index contributed by atoms with van der Waals surface area (Å²) in [5, 5.41) is 17.9. The minimum Gasteiger partial charge on any atom is -0.396 e. The Kier molecular flexibility index (Phi) is 5.99. The zero-order valence-electron chi connectivity index (χ0n) is 10.6. The van der Waals surface area contributed by atoms with Gasteiger partial charge in [-0.15, -0.1) is 0 Å². The van der Waals surface area contributed by atoms with Crippen molar-refractivity contribution in [3.63, 3.8) is 0 Å². The molecule has 0 aromatic heterocycles. The minimum absolute atomic E-state index is 0.0347. The first-order valence-corrected chi connectivity index (χ1v) is 6.55. The van der Waals surface area contributed by atoms with Crippen LogP contribution in [0.25, 0.3) is 0 Å². The summed E-state index contributed by atoms with van der Waals surface area (Å²) >= 11 is 0. The Morgan fingerprint density at radius 1 is 1.59 bits per heavy atom. The number of rotatable bonds is 7. The van der Waals surface area contributed by atoms with Crippen LogP contribution in [-0.2, 0) is 4.79 Å². The van der Waals surface area contributed by atoms with Crippen LogP contribution in [0.2, 0.25) is 0 Å². The molecule has 1 aliphatic carbocycles. The van der Waals surface area contributed by atoms with E-state index in [1.165, 1.54) is 6.42 Å². The fourth-order valence-corrected chi connectivity index (χ4v) is 2.14. The van der Waals surface area contributed by atoms with E-state index in [1.54, 1.807) is 0 Å². The Balaban J connectivity index is 2.60. The molecule has 96 valence electrons. The zero-order valence-corrected chi connectivity index (χ0v) is 10.6. The molecule has 1 fully saturated rings. The van der Waals surface area contributed by atoms with Gasteiger partial charge in [-0.3, -0.25) is 4.79 Å². The van der Waals surface area contributed by atoms with Crippen molar-refractivity contribution in [3.8, 4) is 6.07 Å². The van der Waals surface area contributed by atoms with Crippen LogP contribution in [0.5, 0.6) is 0 Å². The van der Waals surface area contributed by atoms with Crippen molar-refractivity contribution in [1.29, 1.82) is 5.26 Å². The van der Waals surface area contributed by atoms with Crippen molar-refractivity contribution >= 4 is 5.91 Å². The first kappa shape index (κ1) is 14.0. The first-order chi connectivity index (χ1) is 8.24. The normalized spacial score (nSPS) is 17.0. The van der Waals surface area contributed by atoms with Gasteiger partial charge in [0.2, 0.25) is 5.91 Å². The summed E-state index contributed by atoms with van der Waals surface area (Å²) in [6.45, 7) is 2.67. The summed E-state index contributed by atoms with van der Waals surface area (Å²) in [5.41, 5.74) is 0. The fourth-order valence-electron chi connectivity index (χ4n) is 2.14. The highest BCUT2D eigenvalue weighted by atomic mass is 16.3. The van der Waals surface area contributed by atoms with Crippen molar-refractivity contribution in [1.82, 2.24) is 4.90 Å². The number of amides is 1. The lowest BCUT2D eigenvalue weighted by molar-refractivity contribution is -0.138. The molecule has 0 aromatic rings. The molecule has 1 rings (SSSR count). The van der Waals surface area contributed by atoms with Crippen molar-refractivity contribution in [3.05, 3.63) is 0 Å². The highest BCUT2D eigenvalue weighted by Crippen LogP contribution is 2.26. The highest BCUT2D eigenvalue weighted by molar-refractivity contribution is 5.81. The number of nitrogens with zero attached hydrogens (tertiary/aromatic N) is 2. The molecule has 1 saturated carbocycles. The number of aliphatic hydroxyl groups is 1. The van der Waals surface area contributed by atoms with Gasteiger partial charge in [-0.1, -0.05) is 13.3 Å². The van der Waals surface area contributed by atoms with E-state index in [0.29, 0.717) is 25.4 Å². The van der Waals surface area contributed by atoms with E-state index in [0.717, 1.165) is 19.3 Å². The van der Waals surface area contributed by atoms with Crippen LogP contribution < -0.4 is 0 Å². The van der Waals surface area contributed by atoms with Gasteiger partial charge in [0.25, 0.3) is 0 Å². The van der Waals surface area contributed by atoms with Gasteiger partial charge in [0.1, 0.15) is 5.92 Å². The maximum Gasteiger partial charge on any atom is 0.240 e. The molecule has 1 atom stereocenters. The number of aliphatic hydroxyl groups excluding tert-OH is 1. The largest absolute Gasteiger partial charge is 0.396 e. The van der Waals surface area contributed by atoms with Crippen LogP contribution >= 0.6 is 0 Å². The molecule has 0 heterocycles. The Morgan fingerprint density at radius 3 is 2.71 bits per heavy atom. The van der Waals surface area contributed by atoms with Crippen molar-refractivity contribution in [2.75, 3.05) is 13.2 Å². The van der Waals surface area contributed by atoms with Crippen molar-refractivity contribution in [2.45, 2.75) is 51.5 Å². The van der Waals surface area contributed by atoms with E-state index in [4.69, 9.17) is 10.4 Å². The molecular formula is C13H22N2O2. The van der Waals surface area contributed by atoms with Crippen LogP contribution in [0, 0.1) is 17.2 Å². The molecule has 1 unspecified atom stereocenters. The summed E-state index contributed by atoms with van der Waals surface area (Å²) in [6.07, 6.45) is 5.34. The van der Waals surface area contributed by atoms with E-state index in [2.05, 4.69) is 6.07 Å². The smallest absolute Gasteiger partial charge is 0.240 e. The van der Waals surface area contributed by atoms with Crippen LogP contribution in [0.15, 0.2) is 0 Å². The van der Waals surface area contributed by atoms with Gasteiger partial charge >= 0.3 is 0 Å². The van der Waals surface area contributed by atoms with E-state index in [9.17, 15) is 4.79 Å². The molecule has 4 nitrogen and oxygen atoms in total. The van der Waals surface area contributed by atoms with Gasteiger partial charge in [0.05, 0.1) is 6.07 Å². The molecule has 17 heavy (non-hydrogen) atoms. The van der Waals surface area contributed by atoms with Crippen molar-refractivity contribution in [2.24, 2.45) is 5.92 Å². The molecular weight excluding hydrogens is 216 g/mol. The Bertz CT molecular complexity index is 282. The van der Waals surface area contributed by atoms with E-state index in [1.807, 2.05) is 11.8 Å². The molecule has 1 aliphatic rings. The van der Waals surface area contributed by atoms with Gasteiger partial charge in [-0.2, -0.15) is 5.26 Å². The topological polar surface area (TPSA) is 64.3 Å². The second-order valence-electron chi connectivity index (χ2n) is 4.66. The molecule has 0 aliphatic heterocycles. The van der Waals surface area contributed by atoms with Gasteiger partial charge in [-0.05, 0) is 32.1 Å². The summed E-state index contributed by atoms with van der Waals surface area (Å²) in [6, 6.07) is 2.42. The van der Waals surface area contributed by atoms with Crippen LogP contribution in [0.3, 0.4) is 0 Å². The molecule has 1 N–H and O–H groups in total. The molecule has 0 saturated heterocycles. The summed E-state index contributed by atoms with van der Waals surface area (Å²) < 4.78 is 0. The third kappa shape index (κ3) is 3.71. The minimum atomic E-state index is -0.501. The first-order valence-electron chi connectivity index (χ1n) is 6.55. The lowest BCUT2D eigenvalue weighted by Gasteiger charge is -2.38. The summed E-state index contributed by atoms with van der Waals surface area (Å²) in [5.74, 6) is -0.535. The maximum atomic E-state index is 12.2. The standard InChI is InChI=1S/C13H22N2O2/c1-2-5-11(10-14)13(17)15(8-4-9-16)12-6-3-7-12/h11-12,16H,2-9H2,1H3. The molecule has 0 radical (unpaired) electrons. The molecule has 0 aromatic carbocycles. The number of hydrogen-bond acceptors (Lipinski definition) is 3. The van der Waals surface area contributed by atoms with Gasteiger partial charge in [0.15, 0.2) is 0 Å². The predicted molar refractivity (Wildman–Crippen MR) is 65.1 cm³/mol. The Labute approximate surface area is 103 Å². The SMILES string of the molecule is CCCC(C#N)C(=O)N(CCCO)C1CCC1. The second kappa shape index (κ2) is 7.29. The van der Waals surface area contributed by atoms with Gasteiger partial charge in [0, 0.05) is 19.2 Å². The summed E-state index contributed by atoms with van der Waals surface area (Å²) in [4.78, 5) is 14.0. The van der Waals surface area contributed by atoms with Gasteiger partial charge < -0.3 is 10.0 Å². The molecule has 0 spiro atoms. The van der Waals surface area contributed by atoms with Crippen molar-refractivity contribution < 1.29 is 9.90 Å². The maximum absolute atomic E-state index is 12.2. The predicted octanol–water partition coefficient (Wildman–Crippen LogP) is 1.69. The summed E-state index contributed by atoms with van der Waals surface area (Å²) in [7, 11) is 0. The average Bonchev–Trinajstić information content (AvgIpc) is 2.28. The van der Waals surface area contributed by atoms with E-state index >= 15 is 0 Å². The lowest BCUT2D eigenvalue weighted by Crippen LogP contribution is -2.47.